The number of rotatable bonds is 0. The Kier molecular flexibility index (Phi) is 2.41. The Morgan fingerprint density at radius 3 is 2.69 bits per heavy atom. The van der Waals surface area contributed by atoms with E-state index in [4.69, 9.17) is 4.74 Å². The Balaban J connectivity index is 2.52. The number of Topliss-reactive ketones (excluding diaryl/α,β-unsaturated/α-hetero) is 1. The number of carbonyl (C=O) groups is 1. The molecule has 0 aliphatic carbocycles. The lowest BCUT2D eigenvalue weighted by molar-refractivity contribution is -0.129. The second-order valence-corrected chi connectivity index (χ2v) is 4.85. The van der Waals surface area contributed by atoms with Crippen LogP contribution in [-0.2, 0) is 4.79 Å². The standard InChI is InChI=1S/C13H17NO2/c1-8-5-9(2)12-10(6-8)14-7-11(15)13(3,4)16-12/h5-6,14H,7H2,1-4H3. The minimum Gasteiger partial charge on any atom is -0.478 e. The molecule has 0 saturated carbocycles. The van der Waals surface area contributed by atoms with Gasteiger partial charge in [0, 0.05) is 0 Å². The zero-order valence-corrected chi connectivity index (χ0v) is 10.2. The fourth-order valence-electron chi connectivity index (χ4n) is 1.92. The first kappa shape index (κ1) is 11.0. The van der Waals surface area contributed by atoms with Crippen LogP contribution in [0.4, 0.5) is 5.69 Å². The maximum Gasteiger partial charge on any atom is 0.194 e. The van der Waals surface area contributed by atoms with Crippen molar-refractivity contribution in [2.24, 2.45) is 0 Å². The Labute approximate surface area is 95.8 Å². The second-order valence-electron chi connectivity index (χ2n) is 4.85. The first-order chi connectivity index (χ1) is 7.40. The zero-order chi connectivity index (χ0) is 11.9. The van der Waals surface area contributed by atoms with Crippen molar-refractivity contribution < 1.29 is 9.53 Å². The molecular formula is C13H17NO2. The maximum atomic E-state index is 11.8. The van der Waals surface area contributed by atoms with Gasteiger partial charge in [-0.25, -0.2) is 0 Å². The summed E-state index contributed by atoms with van der Waals surface area (Å²) < 4.78 is 5.83. The van der Waals surface area contributed by atoms with Crippen molar-refractivity contribution in [2.75, 3.05) is 11.9 Å². The first-order valence-corrected chi connectivity index (χ1v) is 5.47. The van der Waals surface area contributed by atoms with Gasteiger partial charge in [-0.15, -0.1) is 0 Å². The van der Waals surface area contributed by atoms with Crippen molar-refractivity contribution in [3.05, 3.63) is 23.3 Å². The number of hydrogen-bond acceptors (Lipinski definition) is 3. The number of ether oxygens (including phenoxy) is 1. The summed E-state index contributed by atoms with van der Waals surface area (Å²) in [7, 11) is 0. The molecule has 3 nitrogen and oxygen atoms in total. The van der Waals surface area contributed by atoms with E-state index in [1.54, 1.807) is 0 Å². The molecule has 1 N–H and O–H groups in total. The number of anilines is 1. The highest BCUT2D eigenvalue weighted by Gasteiger charge is 2.33. The smallest absolute Gasteiger partial charge is 0.194 e. The van der Waals surface area contributed by atoms with Gasteiger partial charge in [-0.2, -0.15) is 0 Å². The van der Waals surface area contributed by atoms with Crippen LogP contribution in [0.2, 0.25) is 0 Å². The molecule has 0 atom stereocenters. The van der Waals surface area contributed by atoms with Crippen molar-refractivity contribution >= 4 is 11.5 Å². The highest BCUT2D eigenvalue weighted by molar-refractivity contribution is 5.92. The minimum absolute atomic E-state index is 0.0701. The van der Waals surface area contributed by atoms with E-state index >= 15 is 0 Å². The van der Waals surface area contributed by atoms with Gasteiger partial charge in [0.2, 0.25) is 0 Å². The third-order valence-electron chi connectivity index (χ3n) is 2.89. The maximum absolute atomic E-state index is 11.8. The minimum atomic E-state index is -0.752. The van der Waals surface area contributed by atoms with Crippen LogP contribution in [0.15, 0.2) is 12.1 Å². The van der Waals surface area contributed by atoms with E-state index in [1.165, 1.54) is 5.56 Å². The van der Waals surface area contributed by atoms with Crippen LogP contribution in [-0.4, -0.2) is 17.9 Å². The van der Waals surface area contributed by atoms with E-state index in [1.807, 2.05) is 33.8 Å². The van der Waals surface area contributed by atoms with Gasteiger partial charge in [0.25, 0.3) is 0 Å². The van der Waals surface area contributed by atoms with E-state index < -0.39 is 5.60 Å². The average molecular weight is 219 g/mol. The molecule has 86 valence electrons. The monoisotopic (exact) mass is 219 g/mol. The topological polar surface area (TPSA) is 38.3 Å². The van der Waals surface area contributed by atoms with Crippen LogP contribution in [0.5, 0.6) is 5.75 Å². The molecule has 0 unspecified atom stereocenters. The van der Waals surface area contributed by atoms with Crippen molar-refractivity contribution in [2.45, 2.75) is 33.3 Å². The summed E-state index contributed by atoms with van der Waals surface area (Å²) in [6.45, 7) is 7.98. The molecule has 0 aromatic heterocycles. The van der Waals surface area contributed by atoms with Gasteiger partial charge in [0.05, 0.1) is 12.2 Å². The molecule has 0 saturated heterocycles. The van der Waals surface area contributed by atoms with Crippen molar-refractivity contribution in [3.63, 3.8) is 0 Å². The highest BCUT2D eigenvalue weighted by atomic mass is 16.5. The fraction of sp³-hybridized carbons (Fsp3) is 0.462. The lowest BCUT2D eigenvalue weighted by atomic mass is 10.0. The summed E-state index contributed by atoms with van der Waals surface area (Å²) >= 11 is 0. The van der Waals surface area contributed by atoms with Gasteiger partial charge in [0.15, 0.2) is 11.4 Å². The van der Waals surface area contributed by atoms with E-state index in [2.05, 4.69) is 11.4 Å². The predicted octanol–water partition coefficient (Wildman–Crippen LogP) is 2.46. The zero-order valence-electron chi connectivity index (χ0n) is 10.2. The molecule has 1 aliphatic heterocycles. The number of fused-ring (bicyclic) bond motifs is 1. The molecule has 0 fully saturated rings. The molecule has 0 amide bonds. The van der Waals surface area contributed by atoms with Crippen molar-refractivity contribution in [3.8, 4) is 5.75 Å². The second kappa shape index (κ2) is 3.51. The van der Waals surface area contributed by atoms with Crippen LogP contribution >= 0.6 is 0 Å². The van der Waals surface area contributed by atoms with Gasteiger partial charge in [0.1, 0.15) is 5.75 Å². The van der Waals surface area contributed by atoms with Crippen molar-refractivity contribution in [1.29, 1.82) is 0 Å². The Bertz CT molecular complexity index is 449. The Hall–Kier alpha value is -1.51. The normalized spacial score (nSPS) is 18.1. The lowest BCUT2D eigenvalue weighted by Gasteiger charge is -2.23. The summed E-state index contributed by atoms with van der Waals surface area (Å²) in [4.78, 5) is 11.8. The molecule has 1 aromatic rings. The summed E-state index contributed by atoms with van der Waals surface area (Å²) in [5.74, 6) is 0.863. The molecular weight excluding hydrogens is 202 g/mol. The summed E-state index contributed by atoms with van der Waals surface area (Å²) in [6, 6.07) is 4.07. The third-order valence-corrected chi connectivity index (χ3v) is 2.89. The number of carbonyl (C=O) groups excluding carboxylic acids is 1. The number of benzene rings is 1. The fourth-order valence-corrected chi connectivity index (χ4v) is 1.92. The predicted molar refractivity (Wildman–Crippen MR) is 64.1 cm³/mol. The molecule has 1 aromatic carbocycles. The number of hydrogen-bond donors (Lipinski definition) is 1. The molecule has 1 heterocycles. The van der Waals surface area contributed by atoms with Gasteiger partial charge in [-0.3, -0.25) is 4.79 Å². The Morgan fingerprint density at radius 1 is 1.31 bits per heavy atom. The van der Waals surface area contributed by atoms with E-state index in [0.717, 1.165) is 17.0 Å². The molecule has 0 bridgehead atoms. The lowest BCUT2D eigenvalue weighted by Crippen LogP contribution is -2.40. The summed E-state index contributed by atoms with van der Waals surface area (Å²) in [5.41, 5.74) is 2.39. The summed E-state index contributed by atoms with van der Waals surface area (Å²) in [5, 5.41) is 3.14. The van der Waals surface area contributed by atoms with Gasteiger partial charge < -0.3 is 10.1 Å². The molecule has 0 spiro atoms. The van der Waals surface area contributed by atoms with Crippen LogP contribution in [0.3, 0.4) is 0 Å². The first-order valence-electron chi connectivity index (χ1n) is 5.47. The molecule has 16 heavy (non-hydrogen) atoms. The van der Waals surface area contributed by atoms with Crippen molar-refractivity contribution in [1.82, 2.24) is 0 Å². The Morgan fingerprint density at radius 2 is 2.00 bits per heavy atom. The largest absolute Gasteiger partial charge is 0.478 e. The van der Waals surface area contributed by atoms with Crippen LogP contribution < -0.4 is 10.1 Å². The van der Waals surface area contributed by atoms with Gasteiger partial charge in [-0.05, 0) is 44.9 Å². The van der Waals surface area contributed by atoms with Gasteiger partial charge in [-0.1, -0.05) is 6.07 Å². The van der Waals surface area contributed by atoms with E-state index in [9.17, 15) is 4.79 Å². The number of nitrogens with one attached hydrogen (secondary N) is 1. The van der Waals surface area contributed by atoms with E-state index in [0.29, 0.717) is 6.54 Å². The van der Waals surface area contributed by atoms with Crippen LogP contribution in [0.1, 0.15) is 25.0 Å². The molecule has 1 aliphatic rings. The quantitative estimate of drug-likeness (QED) is 0.728. The molecule has 3 heteroatoms. The third kappa shape index (κ3) is 1.77. The number of aryl methyl sites for hydroxylation is 2. The summed E-state index contributed by atoms with van der Waals surface area (Å²) in [6.07, 6.45) is 0. The van der Waals surface area contributed by atoms with Crippen LogP contribution in [0.25, 0.3) is 0 Å². The van der Waals surface area contributed by atoms with Gasteiger partial charge >= 0.3 is 0 Å². The molecule has 0 radical (unpaired) electrons. The SMILES string of the molecule is Cc1cc(C)c2c(c1)NCC(=O)C(C)(C)O2. The van der Waals surface area contributed by atoms with Crippen LogP contribution in [0, 0.1) is 13.8 Å². The van der Waals surface area contributed by atoms with E-state index in [-0.39, 0.29) is 5.78 Å². The number of ketones is 1. The molecule has 2 rings (SSSR count). The highest BCUT2D eigenvalue weighted by Crippen LogP contribution is 2.35. The average Bonchev–Trinajstić information content (AvgIpc) is 2.28.